The summed E-state index contributed by atoms with van der Waals surface area (Å²) in [6.07, 6.45) is -0.103. The van der Waals surface area contributed by atoms with Crippen LogP contribution in [-0.2, 0) is 0 Å². The highest BCUT2D eigenvalue weighted by Gasteiger charge is 2.34. The maximum absolute atomic E-state index is 12.5. The summed E-state index contributed by atoms with van der Waals surface area (Å²) in [5.74, 6) is 1.49. The molecule has 0 unspecified atom stereocenters. The van der Waals surface area contributed by atoms with Crippen LogP contribution in [0.2, 0.25) is 5.15 Å². The topological polar surface area (TPSA) is 59.2 Å². The molecule has 0 saturated carbocycles. The molecule has 8 heteroatoms. The number of halogens is 4. The van der Waals surface area contributed by atoms with Gasteiger partial charge in [0.15, 0.2) is 0 Å². The molecular formula is C14H15ClF3N3O. The van der Waals surface area contributed by atoms with Gasteiger partial charge in [0.2, 0.25) is 0 Å². The molecule has 120 valence electrons. The average Bonchev–Trinajstić information content (AvgIpc) is 2.37. The molecule has 0 spiro atoms. The molecule has 0 aliphatic carbocycles. The maximum atomic E-state index is 12.5. The molecule has 0 saturated heterocycles. The molecule has 0 aromatic carbocycles. The molecule has 1 rings (SSSR count). The minimum Gasteiger partial charge on any atom is -0.365 e. The van der Waals surface area contributed by atoms with Crippen LogP contribution in [0.4, 0.5) is 19.0 Å². The van der Waals surface area contributed by atoms with E-state index in [4.69, 9.17) is 23.8 Å². The Morgan fingerprint density at radius 1 is 1.45 bits per heavy atom. The number of amides is 1. The van der Waals surface area contributed by atoms with Gasteiger partial charge in [-0.25, -0.2) is 4.98 Å². The lowest BCUT2D eigenvalue weighted by Gasteiger charge is -2.36. The van der Waals surface area contributed by atoms with Crippen LogP contribution in [0.15, 0.2) is 12.1 Å². The van der Waals surface area contributed by atoms with Crippen LogP contribution in [0, 0.1) is 12.3 Å². The number of nitrogens with two attached hydrogens (primary N) is 1. The summed E-state index contributed by atoms with van der Waals surface area (Å²) in [4.78, 5) is 16.6. The second-order valence-electron chi connectivity index (χ2n) is 5.09. The van der Waals surface area contributed by atoms with E-state index in [0.717, 1.165) is 0 Å². The third-order valence-electron chi connectivity index (χ3n) is 3.01. The molecule has 0 aliphatic rings. The molecule has 2 N–H and O–H groups in total. The standard InChI is InChI=1S/C14H15ClF3N3O/c1-4-13(2,3)21(8-7-14(16,17)18)12-9(11(19)22)5-6-10(15)20-12/h1,5-6H,7-8H2,2-3H3,(H2,19,22). The predicted molar refractivity (Wildman–Crippen MR) is 78.7 cm³/mol. The Morgan fingerprint density at radius 2 is 2.05 bits per heavy atom. The summed E-state index contributed by atoms with van der Waals surface area (Å²) in [6.45, 7) is 2.60. The quantitative estimate of drug-likeness (QED) is 0.665. The highest BCUT2D eigenvalue weighted by atomic mass is 35.5. The highest BCUT2D eigenvalue weighted by molar-refractivity contribution is 6.29. The van der Waals surface area contributed by atoms with Crippen molar-refractivity contribution in [2.45, 2.75) is 32.0 Å². The van der Waals surface area contributed by atoms with E-state index in [1.807, 2.05) is 0 Å². The number of pyridine rings is 1. The van der Waals surface area contributed by atoms with Gasteiger partial charge in [0, 0.05) is 6.54 Å². The lowest BCUT2D eigenvalue weighted by Crippen LogP contribution is -2.46. The fraction of sp³-hybridized carbons (Fsp3) is 0.429. The number of hydrogen-bond acceptors (Lipinski definition) is 3. The van der Waals surface area contributed by atoms with Gasteiger partial charge in [-0.2, -0.15) is 13.2 Å². The largest absolute Gasteiger partial charge is 0.390 e. The van der Waals surface area contributed by atoms with Gasteiger partial charge in [-0.15, -0.1) is 6.42 Å². The second kappa shape index (κ2) is 6.44. The number of aromatic nitrogens is 1. The number of carbonyl (C=O) groups excluding carboxylic acids is 1. The summed E-state index contributed by atoms with van der Waals surface area (Å²) in [5, 5.41) is 0.0184. The van der Waals surface area contributed by atoms with Crippen molar-refractivity contribution in [3.05, 3.63) is 22.8 Å². The molecule has 1 amide bonds. The van der Waals surface area contributed by atoms with E-state index < -0.39 is 30.6 Å². The Hall–Kier alpha value is -1.94. The first kappa shape index (κ1) is 18.1. The minimum absolute atomic E-state index is 0.0184. The number of rotatable bonds is 5. The van der Waals surface area contributed by atoms with Crippen molar-refractivity contribution in [2.75, 3.05) is 11.4 Å². The van der Waals surface area contributed by atoms with Crippen molar-refractivity contribution in [1.82, 2.24) is 4.98 Å². The van der Waals surface area contributed by atoms with E-state index >= 15 is 0 Å². The smallest absolute Gasteiger partial charge is 0.365 e. The van der Waals surface area contributed by atoms with Gasteiger partial charge in [0.25, 0.3) is 5.91 Å². The molecule has 1 heterocycles. The summed E-state index contributed by atoms with van der Waals surface area (Å²) in [7, 11) is 0. The molecule has 0 bridgehead atoms. The van der Waals surface area contributed by atoms with Gasteiger partial charge in [-0.1, -0.05) is 17.5 Å². The molecule has 4 nitrogen and oxygen atoms in total. The molecule has 1 aromatic heterocycles. The fourth-order valence-electron chi connectivity index (χ4n) is 1.79. The molecule has 0 radical (unpaired) electrons. The summed E-state index contributed by atoms with van der Waals surface area (Å²) >= 11 is 5.79. The molecule has 1 aromatic rings. The van der Waals surface area contributed by atoms with Crippen LogP contribution >= 0.6 is 11.6 Å². The zero-order valence-electron chi connectivity index (χ0n) is 12.0. The van der Waals surface area contributed by atoms with Gasteiger partial charge in [-0.3, -0.25) is 4.79 Å². The van der Waals surface area contributed by atoms with Gasteiger partial charge < -0.3 is 10.6 Å². The van der Waals surface area contributed by atoms with Crippen molar-refractivity contribution in [3.63, 3.8) is 0 Å². The highest BCUT2D eigenvalue weighted by Crippen LogP contribution is 2.30. The van der Waals surface area contributed by atoms with Gasteiger partial charge in [-0.05, 0) is 26.0 Å². The van der Waals surface area contributed by atoms with Gasteiger partial charge in [0.05, 0.1) is 17.5 Å². The average molecular weight is 334 g/mol. The number of primary amides is 1. The third kappa shape index (κ3) is 4.53. The number of nitrogens with zero attached hydrogens (tertiary/aromatic N) is 2. The Bertz CT molecular complexity index is 608. The monoisotopic (exact) mass is 333 g/mol. The Labute approximate surface area is 131 Å². The summed E-state index contributed by atoms with van der Waals surface area (Å²) < 4.78 is 37.6. The van der Waals surface area contributed by atoms with Gasteiger partial charge in [0.1, 0.15) is 11.0 Å². The zero-order valence-corrected chi connectivity index (χ0v) is 12.8. The van der Waals surface area contributed by atoms with Gasteiger partial charge >= 0.3 is 6.18 Å². The third-order valence-corrected chi connectivity index (χ3v) is 3.22. The molecule has 0 fully saturated rings. The van der Waals surface area contributed by atoms with Crippen molar-refractivity contribution in [3.8, 4) is 12.3 Å². The van der Waals surface area contributed by atoms with Crippen LogP contribution in [-0.4, -0.2) is 29.2 Å². The normalized spacial score (nSPS) is 11.9. The van der Waals surface area contributed by atoms with Crippen LogP contribution in [0.25, 0.3) is 0 Å². The Kier molecular flexibility index (Phi) is 5.30. The Morgan fingerprint density at radius 3 is 2.50 bits per heavy atom. The summed E-state index contributed by atoms with van der Waals surface area (Å²) in [6, 6.07) is 2.64. The van der Waals surface area contributed by atoms with E-state index in [0.29, 0.717) is 0 Å². The lowest BCUT2D eigenvalue weighted by molar-refractivity contribution is -0.132. The lowest BCUT2D eigenvalue weighted by atomic mass is 10.0. The van der Waals surface area contributed by atoms with E-state index in [2.05, 4.69) is 10.9 Å². The first-order valence-electron chi connectivity index (χ1n) is 6.26. The molecule has 0 aliphatic heterocycles. The molecule has 22 heavy (non-hydrogen) atoms. The van der Waals surface area contributed by atoms with Crippen molar-refractivity contribution < 1.29 is 18.0 Å². The Balaban J connectivity index is 3.36. The molecular weight excluding hydrogens is 319 g/mol. The van der Waals surface area contributed by atoms with E-state index in [1.54, 1.807) is 0 Å². The van der Waals surface area contributed by atoms with Crippen molar-refractivity contribution in [2.24, 2.45) is 5.73 Å². The van der Waals surface area contributed by atoms with Crippen LogP contribution in [0.3, 0.4) is 0 Å². The predicted octanol–water partition coefficient (Wildman–Crippen LogP) is 3.00. The van der Waals surface area contributed by atoms with Crippen LogP contribution in [0.5, 0.6) is 0 Å². The SMILES string of the molecule is C#CC(C)(C)N(CCC(F)(F)F)c1nc(Cl)ccc1C(N)=O. The van der Waals surface area contributed by atoms with Crippen LogP contribution < -0.4 is 10.6 Å². The maximum Gasteiger partial charge on any atom is 0.390 e. The van der Waals surface area contributed by atoms with E-state index in [-0.39, 0.29) is 16.5 Å². The molecule has 0 atom stereocenters. The number of terminal acetylenes is 1. The van der Waals surface area contributed by atoms with Crippen molar-refractivity contribution in [1.29, 1.82) is 0 Å². The second-order valence-corrected chi connectivity index (χ2v) is 5.48. The fourth-order valence-corrected chi connectivity index (χ4v) is 1.93. The van der Waals surface area contributed by atoms with E-state index in [1.165, 1.54) is 30.9 Å². The number of alkyl halides is 3. The minimum atomic E-state index is -4.38. The number of anilines is 1. The van der Waals surface area contributed by atoms with E-state index in [9.17, 15) is 18.0 Å². The first-order chi connectivity index (χ1) is 9.98. The first-order valence-corrected chi connectivity index (χ1v) is 6.64. The van der Waals surface area contributed by atoms with Crippen molar-refractivity contribution >= 4 is 23.3 Å². The number of carbonyl (C=O) groups is 1. The number of hydrogen-bond donors (Lipinski definition) is 1. The zero-order chi connectivity index (χ0) is 17.1. The summed E-state index contributed by atoms with van der Waals surface area (Å²) in [5.41, 5.74) is 4.08. The van der Waals surface area contributed by atoms with Crippen LogP contribution in [0.1, 0.15) is 30.6 Å².